The lowest BCUT2D eigenvalue weighted by Crippen LogP contribution is -2.43. The van der Waals surface area contributed by atoms with E-state index in [1.165, 1.54) is 14.2 Å². The predicted molar refractivity (Wildman–Crippen MR) is 68.4 cm³/mol. The molecule has 18 heavy (non-hydrogen) atoms. The standard InChI is InChI=1S/C12H17N3O3/c1-7(11(16)14-2)15-12(17)8-5-4-6-9(18-3)10(8)13/h4-7H,13H2,1-3H3,(H,14,16)(H,15,17). The van der Waals surface area contributed by atoms with Gasteiger partial charge in [0.05, 0.1) is 18.4 Å². The summed E-state index contributed by atoms with van der Waals surface area (Å²) in [5.74, 6) is -0.262. The molecule has 0 heterocycles. The number of rotatable bonds is 4. The summed E-state index contributed by atoms with van der Waals surface area (Å²) in [6.07, 6.45) is 0. The van der Waals surface area contributed by atoms with E-state index in [9.17, 15) is 9.59 Å². The fourth-order valence-electron chi connectivity index (χ4n) is 1.48. The van der Waals surface area contributed by atoms with Crippen molar-refractivity contribution < 1.29 is 14.3 Å². The number of nitrogen functional groups attached to an aromatic ring is 1. The van der Waals surface area contributed by atoms with Gasteiger partial charge in [0, 0.05) is 7.05 Å². The van der Waals surface area contributed by atoms with E-state index >= 15 is 0 Å². The molecule has 1 atom stereocenters. The molecule has 98 valence electrons. The van der Waals surface area contributed by atoms with Gasteiger partial charge in [-0.2, -0.15) is 0 Å². The van der Waals surface area contributed by atoms with Gasteiger partial charge >= 0.3 is 0 Å². The number of amides is 2. The molecule has 1 rings (SSSR count). The Bertz CT molecular complexity index is 460. The maximum Gasteiger partial charge on any atom is 0.254 e. The number of para-hydroxylation sites is 1. The van der Waals surface area contributed by atoms with Gasteiger partial charge in [0.2, 0.25) is 5.91 Å². The Hall–Kier alpha value is -2.24. The van der Waals surface area contributed by atoms with E-state index in [1.54, 1.807) is 25.1 Å². The molecule has 6 heteroatoms. The summed E-state index contributed by atoms with van der Waals surface area (Å²) in [6.45, 7) is 1.59. The van der Waals surface area contributed by atoms with Crippen LogP contribution >= 0.6 is 0 Å². The number of likely N-dealkylation sites (N-methyl/N-ethyl adjacent to an activating group) is 1. The molecule has 1 aromatic carbocycles. The van der Waals surface area contributed by atoms with Crippen LogP contribution in [-0.2, 0) is 4.79 Å². The molecule has 1 aromatic rings. The van der Waals surface area contributed by atoms with Crippen molar-refractivity contribution in [3.05, 3.63) is 23.8 Å². The average Bonchev–Trinajstić information content (AvgIpc) is 2.37. The molecule has 0 bridgehead atoms. The van der Waals surface area contributed by atoms with Crippen molar-refractivity contribution in [3.8, 4) is 5.75 Å². The number of hydrogen-bond acceptors (Lipinski definition) is 4. The Balaban J connectivity index is 2.88. The van der Waals surface area contributed by atoms with Crippen LogP contribution in [0.2, 0.25) is 0 Å². The van der Waals surface area contributed by atoms with E-state index in [0.717, 1.165) is 0 Å². The molecule has 0 aliphatic rings. The number of carbonyl (C=O) groups is 2. The summed E-state index contributed by atoms with van der Waals surface area (Å²) >= 11 is 0. The van der Waals surface area contributed by atoms with Gasteiger partial charge in [0.25, 0.3) is 5.91 Å². The molecule has 6 nitrogen and oxygen atoms in total. The predicted octanol–water partition coefficient (Wildman–Crippen LogP) is 0.142. The Morgan fingerprint density at radius 2 is 2.06 bits per heavy atom. The Morgan fingerprint density at radius 1 is 1.39 bits per heavy atom. The minimum Gasteiger partial charge on any atom is -0.495 e. The second kappa shape index (κ2) is 5.90. The number of hydrogen-bond donors (Lipinski definition) is 3. The van der Waals surface area contributed by atoms with Crippen LogP contribution in [0.4, 0.5) is 5.69 Å². The van der Waals surface area contributed by atoms with Crippen LogP contribution in [0.25, 0.3) is 0 Å². The SMILES string of the molecule is CNC(=O)C(C)NC(=O)c1cccc(OC)c1N. The van der Waals surface area contributed by atoms with Crippen LogP contribution in [0, 0.1) is 0 Å². The summed E-state index contributed by atoms with van der Waals surface area (Å²) < 4.78 is 5.03. The highest BCUT2D eigenvalue weighted by atomic mass is 16.5. The van der Waals surface area contributed by atoms with Crippen molar-refractivity contribution >= 4 is 17.5 Å². The van der Waals surface area contributed by atoms with E-state index in [0.29, 0.717) is 5.75 Å². The number of nitrogens with one attached hydrogen (secondary N) is 2. The lowest BCUT2D eigenvalue weighted by Gasteiger charge is -2.14. The normalized spacial score (nSPS) is 11.5. The maximum atomic E-state index is 11.9. The van der Waals surface area contributed by atoms with Crippen LogP contribution < -0.4 is 21.1 Å². The highest BCUT2D eigenvalue weighted by Crippen LogP contribution is 2.24. The topological polar surface area (TPSA) is 93.5 Å². The van der Waals surface area contributed by atoms with Crippen LogP contribution in [0.1, 0.15) is 17.3 Å². The van der Waals surface area contributed by atoms with E-state index in [1.807, 2.05) is 0 Å². The van der Waals surface area contributed by atoms with Gasteiger partial charge in [-0.15, -0.1) is 0 Å². The van der Waals surface area contributed by atoms with Crippen LogP contribution in [0.3, 0.4) is 0 Å². The fraction of sp³-hybridized carbons (Fsp3) is 0.333. The quantitative estimate of drug-likeness (QED) is 0.664. The minimum atomic E-state index is -0.631. The van der Waals surface area contributed by atoms with Gasteiger partial charge in [-0.25, -0.2) is 0 Å². The van der Waals surface area contributed by atoms with Crippen molar-refractivity contribution in [2.24, 2.45) is 0 Å². The largest absolute Gasteiger partial charge is 0.495 e. The first kappa shape index (κ1) is 13.8. The molecule has 0 saturated heterocycles. The molecular formula is C12H17N3O3. The van der Waals surface area contributed by atoms with Gasteiger partial charge < -0.3 is 21.1 Å². The molecule has 0 radical (unpaired) electrons. The summed E-state index contributed by atoms with van der Waals surface area (Å²) in [5.41, 5.74) is 6.33. The number of ether oxygens (including phenoxy) is 1. The third-order valence-electron chi connectivity index (χ3n) is 2.52. The molecule has 0 aliphatic carbocycles. The number of methoxy groups -OCH3 is 1. The molecule has 0 spiro atoms. The van der Waals surface area contributed by atoms with Gasteiger partial charge in [0.15, 0.2) is 0 Å². The highest BCUT2D eigenvalue weighted by molar-refractivity contribution is 6.02. The number of benzene rings is 1. The molecule has 2 amide bonds. The van der Waals surface area contributed by atoms with Crippen molar-refractivity contribution in [1.82, 2.24) is 10.6 Å². The van der Waals surface area contributed by atoms with Gasteiger partial charge in [-0.3, -0.25) is 9.59 Å². The monoisotopic (exact) mass is 251 g/mol. The second-order valence-electron chi connectivity index (χ2n) is 3.73. The van der Waals surface area contributed by atoms with E-state index in [-0.39, 0.29) is 17.2 Å². The number of nitrogens with two attached hydrogens (primary N) is 1. The third-order valence-corrected chi connectivity index (χ3v) is 2.52. The fourth-order valence-corrected chi connectivity index (χ4v) is 1.48. The zero-order chi connectivity index (χ0) is 13.7. The van der Waals surface area contributed by atoms with Crippen molar-refractivity contribution in [2.45, 2.75) is 13.0 Å². The summed E-state index contributed by atoms with van der Waals surface area (Å²) in [6, 6.07) is 4.26. The second-order valence-corrected chi connectivity index (χ2v) is 3.73. The summed E-state index contributed by atoms with van der Waals surface area (Å²) in [5, 5.41) is 5.00. The van der Waals surface area contributed by atoms with Crippen LogP contribution in [0.5, 0.6) is 5.75 Å². The van der Waals surface area contributed by atoms with Gasteiger partial charge in [-0.1, -0.05) is 6.07 Å². The molecule has 4 N–H and O–H groups in total. The highest BCUT2D eigenvalue weighted by Gasteiger charge is 2.18. The summed E-state index contributed by atoms with van der Waals surface area (Å²) in [4.78, 5) is 23.2. The molecule has 0 aromatic heterocycles. The lowest BCUT2D eigenvalue weighted by molar-refractivity contribution is -0.122. The number of carbonyl (C=O) groups excluding carboxylic acids is 2. The third kappa shape index (κ3) is 2.91. The van der Waals surface area contributed by atoms with E-state index in [4.69, 9.17) is 10.5 Å². The Morgan fingerprint density at radius 3 is 2.61 bits per heavy atom. The first-order valence-corrected chi connectivity index (χ1v) is 5.46. The molecule has 1 unspecified atom stereocenters. The lowest BCUT2D eigenvalue weighted by atomic mass is 10.1. The first-order chi connectivity index (χ1) is 8.51. The van der Waals surface area contributed by atoms with E-state index in [2.05, 4.69) is 10.6 Å². The van der Waals surface area contributed by atoms with Crippen molar-refractivity contribution in [2.75, 3.05) is 19.9 Å². The van der Waals surface area contributed by atoms with Gasteiger partial charge in [-0.05, 0) is 19.1 Å². The molecule has 0 fully saturated rings. The smallest absolute Gasteiger partial charge is 0.254 e. The summed E-state index contributed by atoms with van der Waals surface area (Å²) in [7, 11) is 2.98. The van der Waals surface area contributed by atoms with Crippen LogP contribution in [-0.4, -0.2) is 32.0 Å². The van der Waals surface area contributed by atoms with Crippen LogP contribution in [0.15, 0.2) is 18.2 Å². The van der Waals surface area contributed by atoms with Gasteiger partial charge in [0.1, 0.15) is 11.8 Å². The minimum absolute atomic E-state index is 0.251. The first-order valence-electron chi connectivity index (χ1n) is 5.46. The molecule has 0 aliphatic heterocycles. The Kier molecular flexibility index (Phi) is 4.53. The average molecular weight is 251 g/mol. The van der Waals surface area contributed by atoms with Crippen molar-refractivity contribution in [3.63, 3.8) is 0 Å². The zero-order valence-electron chi connectivity index (χ0n) is 10.6. The maximum absolute atomic E-state index is 11.9. The molecule has 0 saturated carbocycles. The zero-order valence-corrected chi connectivity index (χ0v) is 10.6. The van der Waals surface area contributed by atoms with E-state index < -0.39 is 11.9 Å². The van der Waals surface area contributed by atoms with Crippen molar-refractivity contribution in [1.29, 1.82) is 0 Å². The molecular weight excluding hydrogens is 234 g/mol. The number of anilines is 1. The Labute approximate surface area is 105 Å².